The van der Waals surface area contributed by atoms with Crippen molar-refractivity contribution in [1.29, 1.82) is 0 Å². The van der Waals surface area contributed by atoms with E-state index < -0.39 is 5.97 Å². The lowest BCUT2D eigenvalue weighted by Gasteiger charge is -2.03. The molecule has 0 atom stereocenters. The summed E-state index contributed by atoms with van der Waals surface area (Å²) in [6.07, 6.45) is 2.80. The Labute approximate surface area is 90.8 Å². The molecule has 1 aromatic rings. The molecule has 0 aliphatic rings. The van der Waals surface area contributed by atoms with Gasteiger partial charge in [-0.3, -0.25) is 0 Å². The van der Waals surface area contributed by atoms with Gasteiger partial charge in [-0.2, -0.15) is 0 Å². The van der Waals surface area contributed by atoms with Crippen molar-refractivity contribution in [3.05, 3.63) is 28.3 Å². The van der Waals surface area contributed by atoms with Crippen molar-refractivity contribution >= 4 is 29.2 Å². The molecule has 0 fully saturated rings. The SMILES string of the molecule is Cc1ncc(C(=O)O)n1CC=C(Cl)Cl. The fourth-order valence-electron chi connectivity index (χ4n) is 1.03. The van der Waals surface area contributed by atoms with E-state index in [1.54, 1.807) is 6.92 Å². The van der Waals surface area contributed by atoms with Crippen LogP contribution in [0.1, 0.15) is 16.3 Å². The lowest BCUT2D eigenvalue weighted by Crippen LogP contribution is -2.08. The van der Waals surface area contributed by atoms with Crippen molar-refractivity contribution in [2.24, 2.45) is 0 Å². The Morgan fingerprint density at radius 1 is 1.71 bits per heavy atom. The molecule has 0 amide bonds. The summed E-state index contributed by atoms with van der Waals surface area (Å²) in [6, 6.07) is 0. The number of rotatable bonds is 3. The molecular weight excluding hydrogens is 227 g/mol. The summed E-state index contributed by atoms with van der Waals surface area (Å²) in [7, 11) is 0. The Morgan fingerprint density at radius 2 is 2.36 bits per heavy atom. The van der Waals surface area contributed by atoms with Crippen molar-refractivity contribution in [1.82, 2.24) is 9.55 Å². The van der Waals surface area contributed by atoms with E-state index in [0.717, 1.165) is 0 Å². The van der Waals surface area contributed by atoms with Gasteiger partial charge in [0.05, 0.1) is 6.20 Å². The number of aromatic nitrogens is 2. The van der Waals surface area contributed by atoms with Crippen LogP contribution in [0.15, 0.2) is 16.8 Å². The molecule has 0 unspecified atom stereocenters. The first kappa shape index (κ1) is 11.1. The zero-order chi connectivity index (χ0) is 10.7. The van der Waals surface area contributed by atoms with Crippen molar-refractivity contribution in [2.75, 3.05) is 0 Å². The highest BCUT2D eigenvalue weighted by Gasteiger charge is 2.11. The summed E-state index contributed by atoms with van der Waals surface area (Å²) >= 11 is 10.8. The maximum absolute atomic E-state index is 10.7. The topological polar surface area (TPSA) is 55.1 Å². The summed E-state index contributed by atoms with van der Waals surface area (Å²) in [6.45, 7) is 2.01. The molecule has 0 radical (unpaired) electrons. The smallest absolute Gasteiger partial charge is 0.354 e. The molecule has 4 nitrogen and oxygen atoms in total. The molecule has 0 aliphatic heterocycles. The van der Waals surface area contributed by atoms with Crippen molar-refractivity contribution in [2.45, 2.75) is 13.5 Å². The third-order valence-corrected chi connectivity index (χ3v) is 2.01. The molecule has 14 heavy (non-hydrogen) atoms. The fraction of sp³-hybridized carbons (Fsp3) is 0.250. The second-order valence-electron chi connectivity index (χ2n) is 2.60. The van der Waals surface area contributed by atoms with Crippen LogP contribution in [0.2, 0.25) is 0 Å². The maximum Gasteiger partial charge on any atom is 0.354 e. The van der Waals surface area contributed by atoms with Crippen molar-refractivity contribution < 1.29 is 9.90 Å². The van der Waals surface area contributed by atoms with Crippen LogP contribution >= 0.6 is 23.2 Å². The normalized spacial score (nSPS) is 9.93. The quantitative estimate of drug-likeness (QED) is 0.873. The highest BCUT2D eigenvalue weighted by atomic mass is 35.5. The second kappa shape index (κ2) is 4.48. The number of nitrogens with zero attached hydrogens (tertiary/aromatic N) is 2. The lowest BCUT2D eigenvalue weighted by atomic mass is 10.4. The standard InChI is InChI=1S/C8H8Cl2N2O2/c1-5-11-4-6(8(13)14)12(5)3-2-7(9)10/h2,4H,3H2,1H3,(H,13,14). The largest absolute Gasteiger partial charge is 0.477 e. The van der Waals surface area contributed by atoms with Gasteiger partial charge in [0.1, 0.15) is 16.0 Å². The van der Waals surface area contributed by atoms with E-state index >= 15 is 0 Å². The molecule has 0 saturated heterocycles. The van der Waals surface area contributed by atoms with Crippen LogP contribution in [0.4, 0.5) is 0 Å². The maximum atomic E-state index is 10.7. The lowest BCUT2D eigenvalue weighted by molar-refractivity contribution is 0.0685. The summed E-state index contributed by atoms with van der Waals surface area (Å²) in [5.74, 6) is -0.419. The van der Waals surface area contributed by atoms with E-state index in [9.17, 15) is 4.79 Å². The highest BCUT2D eigenvalue weighted by Crippen LogP contribution is 2.10. The molecule has 0 aromatic carbocycles. The number of allylic oxidation sites excluding steroid dienone is 1. The average Bonchev–Trinajstić information content (AvgIpc) is 2.43. The number of carbonyl (C=O) groups is 1. The van der Waals surface area contributed by atoms with E-state index in [0.29, 0.717) is 12.4 Å². The fourth-order valence-corrected chi connectivity index (χ4v) is 1.17. The number of carboxylic acid groups (broad SMARTS) is 1. The molecule has 1 N–H and O–H groups in total. The summed E-state index contributed by atoms with van der Waals surface area (Å²) in [4.78, 5) is 14.6. The number of aromatic carboxylic acids is 1. The van der Waals surface area contributed by atoms with Crippen molar-refractivity contribution in [3.63, 3.8) is 0 Å². The van der Waals surface area contributed by atoms with Crippen LogP contribution in [0.25, 0.3) is 0 Å². The minimum atomic E-state index is -1.02. The van der Waals surface area contributed by atoms with Gasteiger partial charge < -0.3 is 9.67 Å². The molecule has 6 heteroatoms. The number of hydrogen-bond acceptors (Lipinski definition) is 2. The molecule has 0 saturated carbocycles. The molecule has 76 valence electrons. The molecule has 0 aliphatic carbocycles. The first-order valence-electron chi connectivity index (χ1n) is 3.79. The number of imidazole rings is 1. The van der Waals surface area contributed by atoms with Gasteiger partial charge in [0.25, 0.3) is 0 Å². The van der Waals surface area contributed by atoms with Gasteiger partial charge >= 0.3 is 5.97 Å². The van der Waals surface area contributed by atoms with Gasteiger partial charge in [-0.05, 0) is 13.0 Å². The first-order chi connectivity index (χ1) is 6.52. The van der Waals surface area contributed by atoms with Gasteiger partial charge in [-0.15, -0.1) is 0 Å². The zero-order valence-corrected chi connectivity index (χ0v) is 8.88. The predicted molar refractivity (Wildman–Crippen MR) is 53.7 cm³/mol. The molecule has 0 bridgehead atoms. The third kappa shape index (κ3) is 2.49. The summed E-state index contributed by atoms with van der Waals surface area (Å²) in [5.41, 5.74) is 0.119. The van der Waals surface area contributed by atoms with Gasteiger partial charge in [0, 0.05) is 6.54 Å². The number of halogens is 2. The van der Waals surface area contributed by atoms with Crippen LogP contribution in [-0.4, -0.2) is 20.6 Å². The Morgan fingerprint density at radius 3 is 2.86 bits per heavy atom. The Balaban J connectivity index is 3.00. The monoisotopic (exact) mass is 234 g/mol. The van der Waals surface area contributed by atoms with Crippen LogP contribution in [0.3, 0.4) is 0 Å². The van der Waals surface area contributed by atoms with E-state index in [2.05, 4.69) is 4.98 Å². The van der Waals surface area contributed by atoms with Crippen LogP contribution in [0.5, 0.6) is 0 Å². The molecule has 1 aromatic heterocycles. The number of aryl methyl sites for hydroxylation is 1. The molecule has 0 spiro atoms. The van der Waals surface area contributed by atoms with E-state index in [4.69, 9.17) is 28.3 Å². The third-order valence-electron chi connectivity index (χ3n) is 1.70. The highest BCUT2D eigenvalue weighted by molar-refractivity contribution is 6.55. The van der Waals surface area contributed by atoms with Gasteiger partial charge in [-0.25, -0.2) is 9.78 Å². The van der Waals surface area contributed by atoms with E-state index in [1.807, 2.05) is 0 Å². The zero-order valence-electron chi connectivity index (χ0n) is 7.37. The molecule has 1 rings (SSSR count). The summed E-state index contributed by atoms with van der Waals surface area (Å²) < 4.78 is 1.61. The average molecular weight is 235 g/mol. The second-order valence-corrected chi connectivity index (χ2v) is 3.61. The summed E-state index contributed by atoms with van der Waals surface area (Å²) in [5, 5.41) is 8.80. The van der Waals surface area contributed by atoms with E-state index in [-0.39, 0.29) is 10.2 Å². The van der Waals surface area contributed by atoms with Crippen molar-refractivity contribution in [3.8, 4) is 0 Å². The minimum Gasteiger partial charge on any atom is -0.477 e. The van der Waals surface area contributed by atoms with Crippen LogP contribution in [-0.2, 0) is 6.54 Å². The predicted octanol–water partition coefficient (Wildman–Crippen LogP) is 2.21. The minimum absolute atomic E-state index is 0.106. The Kier molecular flexibility index (Phi) is 3.55. The van der Waals surface area contributed by atoms with E-state index in [1.165, 1.54) is 16.8 Å². The first-order valence-corrected chi connectivity index (χ1v) is 4.54. The van der Waals surface area contributed by atoms with Gasteiger partial charge in [0.15, 0.2) is 0 Å². The van der Waals surface area contributed by atoms with Gasteiger partial charge in [-0.1, -0.05) is 23.2 Å². The van der Waals surface area contributed by atoms with Crippen LogP contribution in [0, 0.1) is 6.92 Å². The molecular formula is C8H8Cl2N2O2. The Hall–Kier alpha value is -1.00. The Bertz CT molecular complexity index is 381. The number of carboxylic acids is 1. The van der Waals surface area contributed by atoms with Gasteiger partial charge in [0.2, 0.25) is 0 Å². The number of hydrogen-bond donors (Lipinski definition) is 1. The molecule has 1 heterocycles. The van der Waals surface area contributed by atoms with Crippen LogP contribution < -0.4 is 0 Å².